The summed E-state index contributed by atoms with van der Waals surface area (Å²) in [5.41, 5.74) is 1.75. The van der Waals surface area contributed by atoms with Gasteiger partial charge in [-0.1, -0.05) is 38.3 Å². The van der Waals surface area contributed by atoms with Gasteiger partial charge in [0, 0.05) is 24.6 Å². The number of benzene rings is 1. The molecule has 156 valence electrons. The van der Waals surface area contributed by atoms with Gasteiger partial charge in [0.25, 0.3) is 0 Å². The van der Waals surface area contributed by atoms with Crippen molar-refractivity contribution in [2.45, 2.75) is 70.4 Å². The molecule has 29 heavy (non-hydrogen) atoms. The second-order valence-corrected chi connectivity index (χ2v) is 7.69. The summed E-state index contributed by atoms with van der Waals surface area (Å²) in [6.45, 7) is 2.14. The second kappa shape index (κ2) is 9.74. The van der Waals surface area contributed by atoms with Crippen LogP contribution in [0.4, 0.5) is 5.69 Å². The average Bonchev–Trinajstić information content (AvgIpc) is 3.17. The Morgan fingerprint density at radius 2 is 1.93 bits per heavy atom. The third-order valence-electron chi connectivity index (χ3n) is 5.51. The van der Waals surface area contributed by atoms with E-state index in [9.17, 15) is 14.7 Å². The van der Waals surface area contributed by atoms with Gasteiger partial charge in [-0.3, -0.25) is 4.79 Å². The van der Waals surface area contributed by atoms with Crippen molar-refractivity contribution in [1.82, 2.24) is 0 Å². The minimum Gasteiger partial charge on any atom is -0.475 e. The van der Waals surface area contributed by atoms with Crippen LogP contribution in [0.25, 0.3) is 0 Å². The molecule has 2 heterocycles. The lowest BCUT2D eigenvalue weighted by atomic mass is 9.94. The predicted molar refractivity (Wildman–Crippen MR) is 110 cm³/mol. The number of rotatable bonds is 11. The number of carbonyl (C=O) groups excluding carboxylic acids is 1. The molecule has 0 bridgehead atoms. The van der Waals surface area contributed by atoms with E-state index < -0.39 is 12.1 Å². The average molecular weight is 399 g/mol. The Labute approximate surface area is 171 Å². The van der Waals surface area contributed by atoms with Gasteiger partial charge < -0.3 is 19.5 Å². The maximum Gasteiger partial charge on any atom is 0.371 e. The SMILES string of the molecule is CCCCCC(O)c1ccc(N2C(=O)C[C@@H]2CCCc2ccc(C(=O)O)o2)cc1. The number of aliphatic hydroxyl groups excluding tert-OH is 1. The number of nitrogens with zero attached hydrogens (tertiary/aromatic N) is 1. The summed E-state index contributed by atoms with van der Waals surface area (Å²) >= 11 is 0. The van der Waals surface area contributed by atoms with E-state index in [0.717, 1.165) is 49.8 Å². The molecule has 3 rings (SSSR count). The number of unbranched alkanes of at least 4 members (excludes halogenated alkanes) is 2. The number of hydrogen-bond acceptors (Lipinski definition) is 4. The molecule has 1 aromatic carbocycles. The molecule has 0 saturated carbocycles. The van der Waals surface area contributed by atoms with Crippen molar-refractivity contribution in [1.29, 1.82) is 0 Å². The summed E-state index contributed by atoms with van der Waals surface area (Å²) in [7, 11) is 0. The van der Waals surface area contributed by atoms with E-state index in [1.165, 1.54) is 6.07 Å². The number of aryl methyl sites for hydroxylation is 1. The molecule has 0 aliphatic carbocycles. The Kier molecular flexibility index (Phi) is 7.09. The molecule has 0 radical (unpaired) electrons. The molecule has 1 saturated heterocycles. The van der Waals surface area contributed by atoms with E-state index in [-0.39, 0.29) is 17.7 Å². The zero-order valence-electron chi connectivity index (χ0n) is 16.8. The van der Waals surface area contributed by atoms with Gasteiger partial charge in [0.05, 0.1) is 6.10 Å². The molecule has 1 aliphatic heterocycles. The van der Waals surface area contributed by atoms with E-state index in [4.69, 9.17) is 9.52 Å². The highest BCUT2D eigenvalue weighted by Crippen LogP contribution is 2.32. The van der Waals surface area contributed by atoms with E-state index in [0.29, 0.717) is 18.6 Å². The minimum absolute atomic E-state index is 0.0441. The first-order valence-electron chi connectivity index (χ1n) is 10.4. The Hall–Kier alpha value is -2.60. The molecule has 1 aromatic heterocycles. The van der Waals surface area contributed by atoms with Gasteiger partial charge >= 0.3 is 5.97 Å². The van der Waals surface area contributed by atoms with Crippen LogP contribution in [0.1, 0.15) is 79.9 Å². The molecule has 2 atom stereocenters. The van der Waals surface area contributed by atoms with E-state index in [1.54, 1.807) is 6.07 Å². The van der Waals surface area contributed by atoms with Crippen LogP contribution < -0.4 is 4.90 Å². The normalized spacial score (nSPS) is 17.2. The fourth-order valence-electron chi connectivity index (χ4n) is 3.82. The summed E-state index contributed by atoms with van der Waals surface area (Å²) in [5.74, 6) is -0.346. The number of β-lactam (4-membered cyclic amide) rings is 1. The highest BCUT2D eigenvalue weighted by atomic mass is 16.4. The lowest BCUT2D eigenvalue weighted by Gasteiger charge is -2.40. The molecule has 1 amide bonds. The Bertz CT molecular complexity index is 826. The highest BCUT2D eigenvalue weighted by Gasteiger charge is 2.36. The third kappa shape index (κ3) is 5.26. The van der Waals surface area contributed by atoms with Crippen LogP contribution in [0.15, 0.2) is 40.8 Å². The monoisotopic (exact) mass is 399 g/mol. The number of carboxylic acids is 1. The quantitative estimate of drug-likeness (QED) is 0.421. The topological polar surface area (TPSA) is 91.0 Å². The zero-order valence-corrected chi connectivity index (χ0v) is 16.8. The van der Waals surface area contributed by atoms with Crippen molar-refractivity contribution in [3.8, 4) is 0 Å². The van der Waals surface area contributed by atoms with E-state index in [1.807, 2.05) is 29.2 Å². The van der Waals surface area contributed by atoms with Crippen molar-refractivity contribution < 1.29 is 24.2 Å². The molecular weight excluding hydrogens is 370 g/mol. The van der Waals surface area contributed by atoms with Crippen LogP contribution in [0.3, 0.4) is 0 Å². The van der Waals surface area contributed by atoms with Crippen molar-refractivity contribution >= 4 is 17.6 Å². The number of carboxylic acid groups (broad SMARTS) is 1. The smallest absolute Gasteiger partial charge is 0.371 e. The molecule has 1 aliphatic rings. The summed E-state index contributed by atoms with van der Waals surface area (Å²) in [6, 6.07) is 10.9. The Morgan fingerprint density at radius 1 is 1.17 bits per heavy atom. The lowest BCUT2D eigenvalue weighted by molar-refractivity contribution is -0.124. The molecule has 1 fully saturated rings. The zero-order chi connectivity index (χ0) is 20.8. The summed E-state index contributed by atoms with van der Waals surface area (Å²) in [4.78, 5) is 24.8. The maximum absolute atomic E-state index is 12.1. The fraction of sp³-hybridized carbons (Fsp3) is 0.478. The van der Waals surface area contributed by atoms with Crippen LogP contribution in [-0.4, -0.2) is 28.1 Å². The first-order chi connectivity index (χ1) is 14.0. The summed E-state index contributed by atoms with van der Waals surface area (Å²) < 4.78 is 5.28. The van der Waals surface area contributed by atoms with Gasteiger partial charge in [-0.25, -0.2) is 4.79 Å². The van der Waals surface area contributed by atoms with Crippen LogP contribution in [0, 0.1) is 0 Å². The number of hydrogen-bond donors (Lipinski definition) is 2. The first kappa shape index (κ1) is 21.1. The van der Waals surface area contributed by atoms with Gasteiger partial charge in [0.1, 0.15) is 5.76 Å². The van der Waals surface area contributed by atoms with E-state index in [2.05, 4.69) is 6.92 Å². The largest absolute Gasteiger partial charge is 0.475 e. The number of furan rings is 1. The molecule has 2 aromatic rings. The van der Waals surface area contributed by atoms with Crippen molar-refractivity contribution in [2.24, 2.45) is 0 Å². The number of anilines is 1. The number of amides is 1. The second-order valence-electron chi connectivity index (χ2n) is 7.69. The van der Waals surface area contributed by atoms with Crippen LogP contribution in [-0.2, 0) is 11.2 Å². The van der Waals surface area contributed by atoms with Crippen LogP contribution in [0.5, 0.6) is 0 Å². The first-order valence-corrected chi connectivity index (χ1v) is 10.4. The highest BCUT2D eigenvalue weighted by molar-refractivity contribution is 6.00. The van der Waals surface area contributed by atoms with Crippen molar-refractivity contribution in [3.05, 3.63) is 53.5 Å². The van der Waals surface area contributed by atoms with Crippen LogP contribution >= 0.6 is 0 Å². The number of carbonyl (C=O) groups is 2. The van der Waals surface area contributed by atoms with Crippen molar-refractivity contribution in [3.63, 3.8) is 0 Å². The van der Waals surface area contributed by atoms with Crippen molar-refractivity contribution in [2.75, 3.05) is 4.90 Å². The van der Waals surface area contributed by atoms with E-state index >= 15 is 0 Å². The lowest BCUT2D eigenvalue weighted by Crippen LogP contribution is -2.52. The minimum atomic E-state index is -1.06. The molecule has 6 nitrogen and oxygen atoms in total. The summed E-state index contributed by atoms with van der Waals surface area (Å²) in [5, 5.41) is 19.2. The molecule has 6 heteroatoms. The fourth-order valence-corrected chi connectivity index (χ4v) is 3.82. The van der Waals surface area contributed by atoms with Crippen LogP contribution in [0.2, 0.25) is 0 Å². The number of aromatic carboxylic acids is 1. The summed E-state index contributed by atoms with van der Waals surface area (Å²) in [6.07, 6.45) is 6.38. The number of aliphatic hydroxyl groups is 1. The van der Waals surface area contributed by atoms with Gasteiger partial charge in [-0.05, 0) is 49.1 Å². The van der Waals surface area contributed by atoms with Gasteiger partial charge in [-0.15, -0.1) is 0 Å². The third-order valence-corrected chi connectivity index (χ3v) is 5.51. The predicted octanol–water partition coefficient (Wildman–Crippen LogP) is 4.72. The Balaban J connectivity index is 1.51. The van der Waals surface area contributed by atoms with Gasteiger partial charge in [0.15, 0.2) is 0 Å². The van der Waals surface area contributed by atoms with Gasteiger partial charge in [-0.2, -0.15) is 0 Å². The van der Waals surface area contributed by atoms with Gasteiger partial charge in [0.2, 0.25) is 11.7 Å². The standard InChI is InChI=1S/C23H29NO5/c1-2-3-4-8-20(25)16-9-11-17(12-10-16)24-18(15-22(24)26)6-5-7-19-13-14-21(29-19)23(27)28/h9-14,18,20,25H,2-8,15H2,1H3,(H,27,28)/t18-,20?/m0/s1. The maximum atomic E-state index is 12.1. The molecular formula is C23H29NO5. The molecule has 0 spiro atoms. The Morgan fingerprint density at radius 3 is 2.55 bits per heavy atom. The molecule has 2 N–H and O–H groups in total. The molecule has 1 unspecified atom stereocenters.